The minimum atomic E-state index is 0.0357. The van der Waals surface area contributed by atoms with Crippen LogP contribution in [0.1, 0.15) is 13.3 Å². The maximum absolute atomic E-state index is 10.8. The molecule has 1 aromatic rings. The molecule has 1 unspecified atom stereocenters. The molecule has 2 heteroatoms. The van der Waals surface area contributed by atoms with Gasteiger partial charge in [-0.25, -0.2) is 0 Å². The minimum Gasteiger partial charge on any atom is -0.302 e. The Morgan fingerprint density at radius 2 is 2.07 bits per heavy atom. The van der Waals surface area contributed by atoms with Gasteiger partial charge in [0, 0.05) is 4.90 Å². The summed E-state index contributed by atoms with van der Waals surface area (Å²) >= 11 is 1.61. The molecule has 1 aromatic carbocycles. The van der Waals surface area contributed by atoms with Gasteiger partial charge in [-0.3, -0.25) is 0 Å². The van der Waals surface area contributed by atoms with Crippen LogP contribution < -0.4 is 0 Å². The number of hydrogen-bond donors (Lipinski definition) is 0. The number of benzene rings is 1. The third-order valence-electron chi connectivity index (χ3n) is 1.79. The maximum Gasteiger partial charge on any atom is 0.133 e. The van der Waals surface area contributed by atoms with Crippen molar-refractivity contribution in [1.29, 1.82) is 0 Å². The zero-order valence-corrected chi connectivity index (χ0v) is 9.04. The highest BCUT2D eigenvalue weighted by Crippen LogP contribution is 2.23. The lowest BCUT2D eigenvalue weighted by molar-refractivity contribution is -0.107. The van der Waals surface area contributed by atoms with Gasteiger partial charge in [-0.1, -0.05) is 30.4 Å². The lowest BCUT2D eigenvalue weighted by atomic mass is 10.3. The number of thioether (sulfide) groups is 1. The number of hydrogen-bond acceptors (Lipinski definition) is 2. The van der Waals surface area contributed by atoms with Gasteiger partial charge in [0.1, 0.15) is 6.29 Å². The fourth-order valence-corrected chi connectivity index (χ4v) is 2.00. The zero-order chi connectivity index (χ0) is 10.2. The monoisotopic (exact) mass is 206 g/mol. The first kappa shape index (κ1) is 11.1. The molecule has 1 rings (SSSR count). The fraction of sp³-hybridized carbons (Fsp3) is 0.250. The van der Waals surface area contributed by atoms with Gasteiger partial charge < -0.3 is 4.79 Å². The highest BCUT2D eigenvalue weighted by Gasteiger charge is 2.06. The second kappa shape index (κ2) is 6.44. The number of allylic oxidation sites excluding steroid dienone is 2. The lowest BCUT2D eigenvalue weighted by Crippen LogP contribution is -2.01. The van der Waals surface area contributed by atoms with Gasteiger partial charge in [-0.2, -0.15) is 0 Å². The molecule has 0 aliphatic rings. The van der Waals surface area contributed by atoms with E-state index in [1.807, 2.05) is 49.4 Å². The molecule has 1 nitrogen and oxygen atoms in total. The number of aldehydes is 1. The summed E-state index contributed by atoms with van der Waals surface area (Å²) in [4.78, 5) is 11.9. The molecule has 0 saturated carbocycles. The third kappa shape index (κ3) is 3.79. The van der Waals surface area contributed by atoms with E-state index in [4.69, 9.17) is 0 Å². The van der Waals surface area contributed by atoms with E-state index in [9.17, 15) is 4.79 Å². The van der Waals surface area contributed by atoms with Gasteiger partial charge >= 0.3 is 0 Å². The molecule has 0 aliphatic heterocycles. The van der Waals surface area contributed by atoms with Crippen LogP contribution in [0.5, 0.6) is 0 Å². The molecule has 0 N–H and O–H groups in total. The van der Waals surface area contributed by atoms with E-state index in [0.29, 0.717) is 0 Å². The van der Waals surface area contributed by atoms with E-state index in [1.54, 1.807) is 11.8 Å². The van der Waals surface area contributed by atoms with E-state index < -0.39 is 0 Å². The van der Waals surface area contributed by atoms with E-state index >= 15 is 0 Å². The van der Waals surface area contributed by atoms with Gasteiger partial charge in [-0.05, 0) is 25.5 Å². The van der Waals surface area contributed by atoms with Crippen molar-refractivity contribution in [3.8, 4) is 0 Å². The van der Waals surface area contributed by atoms with Crippen LogP contribution in [0.25, 0.3) is 0 Å². The van der Waals surface area contributed by atoms with Crippen LogP contribution in [-0.2, 0) is 4.79 Å². The average molecular weight is 206 g/mol. The predicted octanol–water partition coefficient (Wildman–Crippen LogP) is 3.31. The summed E-state index contributed by atoms with van der Waals surface area (Å²) in [6.45, 7) is 1.97. The molecule has 0 aliphatic carbocycles. The normalized spacial score (nSPS) is 12.9. The quantitative estimate of drug-likeness (QED) is 0.417. The highest BCUT2D eigenvalue weighted by atomic mass is 32.2. The van der Waals surface area contributed by atoms with Crippen molar-refractivity contribution in [1.82, 2.24) is 0 Å². The van der Waals surface area contributed by atoms with Gasteiger partial charge in [-0.15, -0.1) is 11.8 Å². The molecule has 0 fully saturated rings. The van der Waals surface area contributed by atoms with E-state index in [1.165, 1.54) is 0 Å². The first-order valence-corrected chi connectivity index (χ1v) is 5.53. The fourth-order valence-electron chi connectivity index (χ4n) is 1.08. The Kier molecular flexibility index (Phi) is 5.08. The first-order valence-electron chi connectivity index (χ1n) is 4.65. The van der Waals surface area contributed by atoms with Crippen molar-refractivity contribution >= 4 is 18.0 Å². The van der Waals surface area contributed by atoms with Crippen LogP contribution in [0.3, 0.4) is 0 Å². The van der Waals surface area contributed by atoms with Gasteiger partial charge in [0.25, 0.3) is 0 Å². The van der Waals surface area contributed by atoms with Crippen molar-refractivity contribution in [3.05, 3.63) is 42.5 Å². The van der Waals surface area contributed by atoms with E-state index in [2.05, 4.69) is 0 Å². The molecular formula is C12H14OS. The lowest BCUT2D eigenvalue weighted by Gasteiger charge is -2.06. The van der Waals surface area contributed by atoms with Gasteiger partial charge in [0.15, 0.2) is 0 Å². The molecule has 0 amide bonds. The average Bonchev–Trinajstić information content (AvgIpc) is 2.25. The summed E-state index contributed by atoms with van der Waals surface area (Å²) in [5.74, 6) is 0. The molecule has 14 heavy (non-hydrogen) atoms. The summed E-state index contributed by atoms with van der Waals surface area (Å²) < 4.78 is 0. The van der Waals surface area contributed by atoms with Gasteiger partial charge in [0.2, 0.25) is 0 Å². The second-order valence-corrected chi connectivity index (χ2v) is 4.22. The predicted molar refractivity (Wildman–Crippen MR) is 61.6 cm³/mol. The van der Waals surface area contributed by atoms with Crippen molar-refractivity contribution in [2.45, 2.75) is 23.5 Å². The Hall–Kier alpha value is -1.02. The summed E-state index contributed by atoms with van der Waals surface area (Å²) in [6, 6.07) is 10.00. The zero-order valence-electron chi connectivity index (χ0n) is 8.22. The Balaban J connectivity index is 2.52. The topological polar surface area (TPSA) is 17.1 Å². The van der Waals surface area contributed by atoms with Crippen LogP contribution in [0.2, 0.25) is 0 Å². The van der Waals surface area contributed by atoms with Crippen molar-refractivity contribution in [2.24, 2.45) is 0 Å². The molecular weight excluding hydrogens is 192 g/mol. The Morgan fingerprint density at radius 1 is 1.36 bits per heavy atom. The first-order chi connectivity index (χ1) is 6.86. The Bertz CT molecular complexity index is 292. The van der Waals surface area contributed by atoms with E-state index in [-0.39, 0.29) is 5.25 Å². The largest absolute Gasteiger partial charge is 0.302 e. The smallest absolute Gasteiger partial charge is 0.133 e. The molecule has 0 aromatic heterocycles. The third-order valence-corrected chi connectivity index (χ3v) is 2.94. The second-order valence-electron chi connectivity index (χ2n) is 2.91. The molecule has 0 bridgehead atoms. The van der Waals surface area contributed by atoms with Crippen LogP contribution in [-0.4, -0.2) is 11.5 Å². The number of carbonyl (C=O) groups excluding carboxylic acids is 1. The summed E-state index contributed by atoms with van der Waals surface area (Å²) in [7, 11) is 0. The van der Waals surface area contributed by atoms with Crippen LogP contribution in [0, 0.1) is 0 Å². The van der Waals surface area contributed by atoms with Crippen molar-refractivity contribution in [2.75, 3.05) is 0 Å². The van der Waals surface area contributed by atoms with Crippen LogP contribution in [0.4, 0.5) is 0 Å². The molecule has 0 heterocycles. The van der Waals surface area contributed by atoms with Crippen LogP contribution in [0.15, 0.2) is 47.4 Å². The summed E-state index contributed by atoms with van der Waals surface area (Å²) in [5.41, 5.74) is 0. The maximum atomic E-state index is 10.8. The van der Waals surface area contributed by atoms with Crippen molar-refractivity contribution in [3.63, 3.8) is 0 Å². The van der Waals surface area contributed by atoms with Crippen molar-refractivity contribution < 1.29 is 4.79 Å². The number of rotatable bonds is 5. The highest BCUT2D eigenvalue weighted by molar-refractivity contribution is 8.00. The van der Waals surface area contributed by atoms with Gasteiger partial charge in [0.05, 0.1) is 5.25 Å². The standard InChI is InChI=1S/C12H14OS/c1-2-3-7-12(10-13)14-11-8-5-4-6-9-11/h2-6,8-10,12H,7H2,1H3/b3-2+. The summed E-state index contributed by atoms with van der Waals surface area (Å²) in [5, 5.41) is 0.0357. The minimum absolute atomic E-state index is 0.0357. The Morgan fingerprint density at radius 3 is 2.64 bits per heavy atom. The number of carbonyl (C=O) groups is 1. The molecule has 0 spiro atoms. The van der Waals surface area contributed by atoms with Crippen LogP contribution >= 0.6 is 11.8 Å². The van der Waals surface area contributed by atoms with E-state index in [0.717, 1.165) is 17.6 Å². The molecule has 74 valence electrons. The SMILES string of the molecule is C/C=C/CC(C=O)Sc1ccccc1. The molecule has 0 saturated heterocycles. The Labute approximate surface area is 89.2 Å². The summed E-state index contributed by atoms with van der Waals surface area (Å²) in [6.07, 6.45) is 5.81. The molecule has 0 radical (unpaired) electrons. The molecule has 1 atom stereocenters.